The molecule has 112 valence electrons. The molecule has 3 rings (SSSR count). The fourth-order valence-corrected chi connectivity index (χ4v) is 3.10. The number of nitrogens with one attached hydrogen (secondary N) is 1. The summed E-state index contributed by atoms with van der Waals surface area (Å²) >= 11 is 0. The molecular weight excluding hydrogens is 250 g/mol. The molecule has 4 nitrogen and oxygen atoms in total. The molecule has 1 aliphatic heterocycles. The average molecular weight is 277 g/mol. The third kappa shape index (κ3) is 3.98. The molecule has 4 heteroatoms. The van der Waals surface area contributed by atoms with E-state index in [-0.39, 0.29) is 6.03 Å². The van der Waals surface area contributed by atoms with Crippen LogP contribution in [0.5, 0.6) is 0 Å². The average Bonchev–Trinajstić information content (AvgIpc) is 3.31. The van der Waals surface area contributed by atoms with Crippen molar-refractivity contribution in [2.24, 2.45) is 0 Å². The summed E-state index contributed by atoms with van der Waals surface area (Å²) < 4.78 is 0. The number of carbonyl (C=O) groups is 1. The van der Waals surface area contributed by atoms with Crippen molar-refractivity contribution >= 4 is 6.03 Å². The Hall–Kier alpha value is -1.03. The fraction of sp³-hybridized carbons (Fsp3) is 0.812. The van der Waals surface area contributed by atoms with Gasteiger partial charge in [-0.2, -0.15) is 0 Å². The summed E-state index contributed by atoms with van der Waals surface area (Å²) in [4.78, 5) is 16.4. The van der Waals surface area contributed by atoms with Gasteiger partial charge in [-0.3, -0.25) is 4.90 Å². The van der Waals surface area contributed by atoms with E-state index in [1.165, 1.54) is 51.5 Å². The summed E-state index contributed by atoms with van der Waals surface area (Å²) in [5.41, 5.74) is 1.66. The van der Waals surface area contributed by atoms with Crippen molar-refractivity contribution in [3.8, 4) is 0 Å². The number of carbonyl (C=O) groups excluding carboxylic acids is 1. The van der Waals surface area contributed by atoms with E-state index < -0.39 is 0 Å². The topological polar surface area (TPSA) is 35.6 Å². The minimum absolute atomic E-state index is 0.155. The Kier molecular flexibility index (Phi) is 4.61. The van der Waals surface area contributed by atoms with E-state index >= 15 is 0 Å². The first-order valence-corrected chi connectivity index (χ1v) is 8.27. The SMILES string of the molecule is O=C(NC1CC1)N1CCN(CCC2=CCCCC2)CC1. The fourth-order valence-electron chi connectivity index (χ4n) is 3.10. The maximum Gasteiger partial charge on any atom is 0.317 e. The second kappa shape index (κ2) is 6.61. The number of rotatable bonds is 4. The maximum absolute atomic E-state index is 11.9. The van der Waals surface area contributed by atoms with Gasteiger partial charge in [0.1, 0.15) is 0 Å². The van der Waals surface area contributed by atoms with Gasteiger partial charge in [-0.25, -0.2) is 4.79 Å². The molecule has 1 heterocycles. The molecular formula is C16H27N3O. The quantitative estimate of drug-likeness (QED) is 0.801. The van der Waals surface area contributed by atoms with Crippen LogP contribution in [0.3, 0.4) is 0 Å². The molecule has 1 saturated carbocycles. The molecule has 2 amide bonds. The van der Waals surface area contributed by atoms with E-state index in [1.54, 1.807) is 5.57 Å². The summed E-state index contributed by atoms with van der Waals surface area (Å²) in [7, 11) is 0. The van der Waals surface area contributed by atoms with Crippen LogP contribution in [0.15, 0.2) is 11.6 Å². The van der Waals surface area contributed by atoms with E-state index in [4.69, 9.17) is 0 Å². The summed E-state index contributed by atoms with van der Waals surface area (Å²) in [6.45, 7) is 5.01. The van der Waals surface area contributed by atoms with Crippen molar-refractivity contribution in [2.45, 2.75) is 51.0 Å². The summed E-state index contributed by atoms with van der Waals surface area (Å²) in [5, 5.41) is 3.08. The number of allylic oxidation sites excluding steroid dienone is 1. The van der Waals surface area contributed by atoms with Gasteiger partial charge in [0.05, 0.1) is 0 Å². The number of hydrogen-bond acceptors (Lipinski definition) is 2. The van der Waals surface area contributed by atoms with Gasteiger partial charge < -0.3 is 10.2 Å². The molecule has 1 N–H and O–H groups in total. The highest BCUT2D eigenvalue weighted by Crippen LogP contribution is 2.21. The van der Waals surface area contributed by atoms with Crippen molar-refractivity contribution in [3.63, 3.8) is 0 Å². The van der Waals surface area contributed by atoms with Crippen LogP contribution in [-0.4, -0.2) is 54.6 Å². The lowest BCUT2D eigenvalue weighted by Gasteiger charge is -2.35. The van der Waals surface area contributed by atoms with Gasteiger partial charge in [0.2, 0.25) is 0 Å². The third-order valence-electron chi connectivity index (χ3n) is 4.70. The van der Waals surface area contributed by atoms with Crippen molar-refractivity contribution in [3.05, 3.63) is 11.6 Å². The Morgan fingerprint density at radius 3 is 2.65 bits per heavy atom. The number of piperazine rings is 1. The number of amides is 2. The monoisotopic (exact) mass is 277 g/mol. The van der Waals surface area contributed by atoms with Crippen LogP contribution in [-0.2, 0) is 0 Å². The minimum Gasteiger partial charge on any atom is -0.335 e. The van der Waals surface area contributed by atoms with Gasteiger partial charge in [-0.15, -0.1) is 0 Å². The van der Waals surface area contributed by atoms with E-state index in [1.807, 2.05) is 4.90 Å². The summed E-state index contributed by atoms with van der Waals surface area (Å²) in [5.74, 6) is 0. The predicted octanol–water partition coefficient (Wildman–Crippen LogP) is 2.37. The van der Waals surface area contributed by atoms with Crippen LogP contribution in [0.2, 0.25) is 0 Å². The lowest BCUT2D eigenvalue weighted by atomic mass is 9.97. The highest BCUT2D eigenvalue weighted by Gasteiger charge is 2.27. The van der Waals surface area contributed by atoms with Crippen molar-refractivity contribution in [1.29, 1.82) is 0 Å². The van der Waals surface area contributed by atoms with Crippen molar-refractivity contribution in [1.82, 2.24) is 15.1 Å². The Morgan fingerprint density at radius 2 is 2.00 bits per heavy atom. The van der Waals surface area contributed by atoms with Crippen LogP contribution in [0.1, 0.15) is 44.9 Å². The van der Waals surface area contributed by atoms with Gasteiger partial charge in [0.15, 0.2) is 0 Å². The zero-order chi connectivity index (χ0) is 13.8. The molecule has 20 heavy (non-hydrogen) atoms. The second-order valence-electron chi connectivity index (χ2n) is 6.41. The molecule has 0 aromatic heterocycles. The Bertz CT molecular complexity index is 368. The molecule has 0 spiro atoms. The summed E-state index contributed by atoms with van der Waals surface area (Å²) in [6, 6.07) is 0.626. The molecule has 0 aromatic rings. The molecule has 0 radical (unpaired) electrons. The Labute approximate surface area is 122 Å². The zero-order valence-electron chi connectivity index (χ0n) is 12.4. The maximum atomic E-state index is 11.9. The molecule has 2 aliphatic carbocycles. The van der Waals surface area contributed by atoms with Gasteiger partial charge in [0.25, 0.3) is 0 Å². The van der Waals surface area contributed by atoms with E-state index in [9.17, 15) is 4.79 Å². The first kappa shape index (κ1) is 13.9. The smallest absolute Gasteiger partial charge is 0.317 e. The zero-order valence-corrected chi connectivity index (χ0v) is 12.4. The van der Waals surface area contributed by atoms with Crippen molar-refractivity contribution < 1.29 is 4.79 Å². The minimum atomic E-state index is 0.155. The molecule has 0 bridgehead atoms. The lowest BCUT2D eigenvalue weighted by Crippen LogP contribution is -2.52. The molecule has 3 aliphatic rings. The van der Waals surface area contributed by atoms with Crippen LogP contribution in [0, 0.1) is 0 Å². The molecule has 2 fully saturated rings. The molecule has 0 unspecified atom stereocenters. The third-order valence-corrected chi connectivity index (χ3v) is 4.70. The van der Waals surface area contributed by atoms with Crippen LogP contribution >= 0.6 is 0 Å². The molecule has 1 saturated heterocycles. The largest absolute Gasteiger partial charge is 0.335 e. The van der Waals surface area contributed by atoms with Crippen molar-refractivity contribution in [2.75, 3.05) is 32.7 Å². The number of urea groups is 1. The predicted molar refractivity (Wildman–Crippen MR) is 80.7 cm³/mol. The van der Waals surface area contributed by atoms with Crippen LogP contribution in [0.4, 0.5) is 4.79 Å². The van der Waals surface area contributed by atoms with Gasteiger partial charge >= 0.3 is 6.03 Å². The van der Waals surface area contributed by atoms with Gasteiger partial charge in [0, 0.05) is 38.8 Å². The van der Waals surface area contributed by atoms with E-state index in [0.717, 1.165) is 26.2 Å². The number of hydrogen-bond donors (Lipinski definition) is 1. The first-order chi connectivity index (χ1) is 9.81. The second-order valence-corrected chi connectivity index (χ2v) is 6.41. The van der Waals surface area contributed by atoms with Crippen LogP contribution in [0.25, 0.3) is 0 Å². The Balaban J connectivity index is 1.35. The van der Waals surface area contributed by atoms with E-state index in [0.29, 0.717) is 6.04 Å². The molecule has 0 aromatic carbocycles. The number of nitrogens with zero attached hydrogens (tertiary/aromatic N) is 2. The standard InChI is InChI=1S/C16H27N3O/c20-16(17-15-6-7-15)19-12-10-18(11-13-19)9-8-14-4-2-1-3-5-14/h4,15H,1-3,5-13H2,(H,17,20). The highest BCUT2D eigenvalue weighted by molar-refractivity contribution is 5.75. The van der Waals surface area contributed by atoms with Gasteiger partial charge in [-0.05, 0) is 44.9 Å². The van der Waals surface area contributed by atoms with Crippen LogP contribution < -0.4 is 5.32 Å². The Morgan fingerprint density at radius 1 is 1.20 bits per heavy atom. The first-order valence-electron chi connectivity index (χ1n) is 8.27. The lowest BCUT2D eigenvalue weighted by molar-refractivity contribution is 0.139. The molecule has 0 atom stereocenters. The van der Waals surface area contributed by atoms with E-state index in [2.05, 4.69) is 16.3 Å². The summed E-state index contributed by atoms with van der Waals surface area (Å²) in [6.07, 6.45) is 11.4. The van der Waals surface area contributed by atoms with Gasteiger partial charge in [-0.1, -0.05) is 11.6 Å². The normalized spacial score (nSPS) is 24.4. The highest BCUT2D eigenvalue weighted by atomic mass is 16.2.